The van der Waals surface area contributed by atoms with Crippen LogP contribution in [0.15, 0.2) is 12.4 Å². The number of carbonyl (C=O) groups is 1. The molecule has 1 aliphatic rings. The van der Waals surface area contributed by atoms with E-state index in [1.165, 1.54) is 6.20 Å². The standard InChI is InChI=1S/C11H13N5O/c1-16-7-8(2-3-10(16)17)15-11-9(6-12)13-4-5-14-11/h4-5,8H,2-3,7H2,1H3,(H,14,15)/t8-/m1/s1. The molecule has 0 spiro atoms. The minimum atomic E-state index is 0.126. The van der Waals surface area contributed by atoms with Crippen LogP contribution in [0.1, 0.15) is 18.5 Å². The molecular weight excluding hydrogens is 218 g/mol. The van der Waals surface area contributed by atoms with Crippen LogP contribution in [0.5, 0.6) is 0 Å². The highest BCUT2D eigenvalue weighted by Gasteiger charge is 2.23. The quantitative estimate of drug-likeness (QED) is 0.795. The molecule has 0 bridgehead atoms. The molecule has 1 aromatic rings. The lowest BCUT2D eigenvalue weighted by Crippen LogP contribution is -2.43. The first-order chi connectivity index (χ1) is 8.20. The number of anilines is 1. The smallest absolute Gasteiger partial charge is 0.222 e. The number of rotatable bonds is 2. The molecule has 6 nitrogen and oxygen atoms in total. The molecular formula is C11H13N5O. The van der Waals surface area contributed by atoms with Crippen molar-refractivity contribution in [3.05, 3.63) is 18.1 Å². The molecule has 17 heavy (non-hydrogen) atoms. The van der Waals surface area contributed by atoms with Gasteiger partial charge < -0.3 is 10.2 Å². The highest BCUT2D eigenvalue weighted by atomic mass is 16.2. The van der Waals surface area contributed by atoms with Gasteiger partial charge in [0.25, 0.3) is 0 Å². The second kappa shape index (κ2) is 4.78. The average molecular weight is 231 g/mol. The van der Waals surface area contributed by atoms with Crippen molar-refractivity contribution < 1.29 is 4.79 Å². The van der Waals surface area contributed by atoms with Crippen LogP contribution in [0.2, 0.25) is 0 Å². The molecule has 0 saturated carbocycles. The van der Waals surface area contributed by atoms with E-state index in [1.807, 2.05) is 6.07 Å². The van der Waals surface area contributed by atoms with Crippen molar-refractivity contribution in [1.29, 1.82) is 5.26 Å². The van der Waals surface area contributed by atoms with E-state index in [0.717, 1.165) is 6.42 Å². The van der Waals surface area contributed by atoms with Gasteiger partial charge in [0.05, 0.1) is 0 Å². The van der Waals surface area contributed by atoms with Gasteiger partial charge in [-0.1, -0.05) is 0 Å². The molecule has 1 fully saturated rings. The second-order valence-electron chi connectivity index (χ2n) is 4.02. The van der Waals surface area contributed by atoms with Gasteiger partial charge in [-0.25, -0.2) is 9.97 Å². The van der Waals surface area contributed by atoms with Gasteiger partial charge in [-0.2, -0.15) is 5.26 Å². The van der Waals surface area contributed by atoms with Crippen molar-refractivity contribution in [1.82, 2.24) is 14.9 Å². The Morgan fingerprint density at radius 2 is 2.29 bits per heavy atom. The van der Waals surface area contributed by atoms with E-state index in [1.54, 1.807) is 18.1 Å². The Hall–Kier alpha value is -2.16. The number of hydrogen-bond acceptors (Lipinski definition) is 5. The summed E-state index contributed by atoms with van der Waals surface area (Å²) >= 11 is 0. The van der Waals surface area contributed by atoms with Crippen molar-refractivity contribution in [2.24, 2.45) is 0 Å². The van der Waals surface area contributed by atoms with Gasteiger partial charge in [0.15, 0.2) is 11.5 Å². The normalized spacial score (nSPS) is 19.9. The number of aromatic nitrogens is 2. The molecule has 0 radical (unpaired) electrons. The van der Waals surface area contributed by atoms with Gasteiger partial charge >= 0.3 is 0 Å². The van der Waals surface area contributed by atoms with Crippen LogP contribution in [0.3, 0.4) is 0 Å². The Morgan fingerprint density at radius 1 is 1.53 bits per heavy atom. The van der Waals surface area contributed by atoms with Crippen LogP contribution in [0.25, 0.3) is 0 Å². The van der Waals surface area contributed by atoms with Crippen LogP contribution in [0, 0.1) is 11.3 Å². The molecule has 1 aliphatic heterocycles. The van der Waals surface area contributed by atoms with Crippen molar-refractivity contribution in [2.45, 2.75) is 18.9 Å². The largest absolute Gasteiger partial charge is 0.363 e. The summed E-state index contributed by atoms with van der Waals surface area (Å²) in [5, 5.41) is 12.0. The molecule has 2 heterocycles. The highest BCUT2D eigenvalue weighted by Crippen LogP contribution is 2.15. The molecule has 1 aromatic heterocycles. The molecule has 0 unspecified atom stereocenters. The number of nitriles is 1. The molecule has 1 amide bonds. The van der Waals surface area contributed by atoms with Crippen LogP contribution in [-0.2, 0) is 4.79 Å². The molecule has 1 N–H and O–H groups in total. The molecule has 1 saturated heterocycles. The fourth-order valence-corrected chi connectivity index (χ4v) is 1.85. The Bertz CT molecular complexity index is 467. The first kappa shape index (κ1) is 11.3. The maximum Gasteiger partial charge on any atom is 0.222 e. The van der Waals surface area contributed by atoms with Gasteiger partial charge in [0.1, 0.15) is 6.07 Å². The molecule has 6 heteroatoms. The maximum absolute atomic E-state index is 11.3. The number of carbonyl (C=O) groups excluding carboxylic acids is 1. The van der Waals surface area contributed by atoms with E-state index in [-0.39, 0.29) is 17.6 Å². The lowest BCUT2D eigenvalue weighted by Gasteiger charge is -2.30. The van der Waals surface area contributed by atoms with E-state index in [2.05, 4.69) is 15.3 Å². The Balaban J connectivity index is 2.07. The molecule has 88 valence electrons. The van der Waals surface area contributed by atoms with Crippen molar-refractivity contribution in [2.75, 3.05) is 18.9 Å². The van der Waals surface area contributed by atoms with Gasteiger partial charge in [0.2, 0.25) is 5.91 Å². The summed E-state index contributed by atoms with van der Waals surface area (Å²) in [6, 6.07) is 2.11. The second-order valence-corrected chi connectivity index (χ2v) is 4.02. The van der Waals surface area contributed by atoms with Crippen LogP contribution in [-0.4, -0.2) is 40.4 Å². The third-order valence-electron chi connectivity index (χ3n) is 2.77. The number of amides is 1. The first-order valence-electron chi connectivity index (χ1n) is 5.42. The summed E-state index contributed by atoms with van der Waals surface area (Å²) in [7, 11) is 1.78. The summed E-state index contributed by atoms with van der Waals surface area (Å²) < 4.78 is 0. The third kappa shape index (κ3) is 2.50. The number of nitrogens with one attached hydrogen (secondary N) is 1. The van der Waals surface area contributed by atoms with E-state index in [9.17, 15) is 4.79 Å². The fourth-order valence-electron chi connectivity index (χ4n) is 1.85. The highest BCUT2D eigenvalue weighted by molar-refractivity contribution is 5.77. The monoisotopic (exact) mass is 231 g/mol. The zero-order chi connectivity index (χ0) is 12.3. The van der Waals surface area contributed by atoms with Crippen LogP contribution >= 0.6 is 0 Å². The van der Waals surface area contributed by atoms with Gasteiger partial charge in [-0.05, 0) is 6.42 Å². The molecule has 0 aliphatic carbocycles. The van der Waals surface area contributed by atoms with E-state index in [4.69, 9.17) is 5.26 Å². The minimum absolute atomic E-state index is 0.126. The van der Waals surface area contributed by atoms with Crippen LogP contribution in [0.4, 0.5) is 5.82 Å². The minimum Gasteiger partial charge on any atom is -0.363 e. The van der Waals surface area contributed by atoms with E-state index >= 15 is 0 Å². The molecule has 0 aromatic carbocycles. The number of hydrogen-bond donors (Lipinski definition) is 1. The predicted octanol–water partition coefficient (Wildman–Crippen LogP) is 0.381. The Labute approximate surface area is 99.3 Å². The zero-order valence-corrected chi connectivity index (χ0v) is 9.55. The Kier molecular flexibility index (Phi) is 3.19. The summed E-state index contributed by atoms with van der Waals surface area (Å²) in [4.78, 5) is 21.0. The van der Waals surface area contributed by atoms with E-state index in [0.29, 0.717) is 18.8 Å². The number of likely N-dealkylation sites (N-methyl/N-ethyl adjacent to an activating group) is 1. The van der Waals surface area contributed by atoms with Crippen molar-refractivity contribution in [3.8, 4) is 6.07 Å². The number of nitrogens with zero attached hydrogens (tertiary/aromatic N) is 4. The van der Waals surface area contributed by atoms with Gasteiger partial charge in [-0.3, -0.25) is 4.79 Å². The zero-order valence-electron chi connectivity index (χ0n) is 9.55. The van der Waals surface area contributed by atoms with Gasteiger partial charge in [-0.15, -0.1) is 0 Å². The molecule has 1 atom stereocenters. The Morgan fingerprint density at radius 3 is 3.00 bits per heavy atom. The van der Waals surface area contributed by atoms with Gasteiger partial charge in [0, 0.05) is 38.4 Å². The summed E-state index contributed by atoms with van der Waals surface area (Å²) in [5.41, 5.74) is 0.284. The fraction of sp³-hybridized carbons (Fsp3) is 0.455. The topological polar surface area (TPSA) is 81.9 Å². The number of likely N-dealkylation sites (tertiary alicyclic amines) is 1. The van der Waals surface area contributed by atoms with Crippen LogP contribution < -0.4 is 5.32 Å². The molecule has 2 rings (SSSR count). The van der Waals surface area contributed by atoms with Crippen molar-refractivity contribution in [3.63, 3.8) is 0 Å². The third-order valence-corrected chi connectivity index (χ3v) is 2.77. The lowest BCUT2D eigenvalue weighted by molar-refractivity contribution is -0.132. The summed E-state index contributed by atoms with van der Waals surface area (Å²) in [6.45, 7) is 0.625. The van der Waals surface area contributed by atoms with Crippen molar-refractivity contribution >= 4 is 11.7 Å². The maximum atomic E-state index is 11.3. The lowest BCUT2D eigenvalue weighted by atomic mass is 10.1. The average Bonchev–Trinajstić information content (AvgIpc) is 2.34. The summed E-state index contributed by atoms with van der Waals surface area (Å²) in [5.74, 6) is 0.644. The predicted molar refractivity (Wildman–Crippen MR) is 61.0 cm³/mol. The summed E-state index contributed by atoms with van der Waals surface area (Å²) in [6.07, 6.45) is 4.31. The first-order valence-corrected chi connectivity index (χ1v) is 5.42. The number of piperidine rings is 1. The SMILES string of the molecule is CN1C[C@H](Nc2nccnc2C#N)CCC1=O. The van der Waals surface area contributed by atoms with E-state index < -0.39 is 0 Å².